The molecule has 0 aliphatic rings. The van der Waals surface area contributed by atoms with E-state index in [0.717, 1.165) is 16.9 Å². The molecule has 0 unspecified atom stereocenters. The third-order valence-corrected chi connectivity index (χ3v) is 3.66. The summed E-state index contributed by atoms with van der Waals surface area (Å²) < 4.78 is 5.43. The van der Waals surface area contributed by atoms with Crippen LogP contribution in [0.15, 0.2) is 18.2 Å². The minimum Gasteiger partial charge on any atom is -0.477 e. The summed E-state index contributed by atoms with van der Waals surface area (Å²) in [7, 11) is 0. The van der Waals surface area contributed by atoms with E-state index < -0.39 is 5.97 Å². The second-order valence-corrected chi connectivity index (χ2v) is 5.17. The van der Waals surface area contributed by atoms with Crippen molar-refractivity contribution in [3.8, 4) is 10.9 Å². The van der Waals surface area contributed by atoms with Gasteiger partial charge in [-0.1, -0.05) is 40.6 Å². The van der Waals surface area contributed by atoms with Gasteiger partial charge in [-0.05, 0) is 24.6 Å². The number of aromatic nitrogens is 1. The van der Waals surface area contributed by atoms with Crippen molar-refractivity contribution >= 4 is 40.5 Å². The zero-order valence-electron chi connectivity index (χ0n) is 9.11. The normalized spacial score (nSPS) is 10.4. The Morgan fingerprint density at radius 1 is 1.44 bits per heavy atom. The number of nitrogens with zero attached hydrogens (tertiary/aromatic N) is 1. The highest BCUT2D eigenvalue weighted by molar-refractivity contribution is 7.15. The van der Waals surface area contributed by atoms with Gasteiger partial charge < -0.3 is 9.84 Å². The molecule has 0 radical (unpaired) electrons. The molecule has 2 rings (SSSR count). The van der Waals surface area contributed by atoms with Gasteiger partial charge in [0.2, 0.25) is 0 Å². The number of aromatic carboxylic acids is 1. The van der Waals surface area contributed by atoms with Crippen molar-refractivity contribution in [3.05, 3.63) is 38.8 Å². The molecule has 94 valence electrons. The zero-order chi connectivity index (χ0) is 13.3. The van der Waals surface area contributed by atoms with Crippen LogP contribution in [0.5, 0.6) is 10.9 Å². The van der Waals surface area contributed by atoms with Crippen LogP contribution in [0.25, 0.3) is 0 Å². The molecular formula is C11H7Cl2NO3S. The Bertz CT molecular complexity index is 612. The Labute approximate surface area is 117 Å². The highest BCUT2D eigenvalue weighted by Crippen LogP contribution is 2.35. The summed E-state index contributed by atoms with van der Waals surface area (Å²) in [5, 5.41) is 9.32. The van der Waals surface area contributed by atoms with E-state index >= 15 is 0 Å². The van der Waals surface area contributed by atoms with E-state index in [1.165, 1.54) is 0 Å². The molecule has 0 aliphatic heterocycles. The predicted octanol–water partition coefficient (Wildman–Crippen LogP) is 4.25. The highest BCUT2D eigenvalue weighted by Gasteiger charge is 2.17. The van der Waals surface area contributed by atoms with Crippen LogP contribution in [0.3, 0.4) is 0 Å². The maximum absolute atomic E-state index is 10.8. The lowest BCUT2D eigenvalue weighted by atomic mass is 10.2. The molecule has 18 heavy (non-hydrogen) atoms. The van der Waals surface area contributed by atoms with E-state index in [0.29, 0.717) is 10.8 Å². The van der Waals surface area contributed by atoms with Gasteiger partial charge in [-0.3, -0.25) is 0 Å². The Hall–Kier alpha value is -1.30. The van der Waals surface area contributed by atoms with Crippen molar-refractivity contribution in [2.75, 3.05) is 0 Å². The number of aryl methyl sites for hydroxylation is 1. The van der Waals surface area contributed by atoms with E-state index in [9.17, 15) is 4.79 Å². The summed E-state index contributed by atoms with van der Waals surface area (Å²) in [6.45, 7) is 1.89. The number of hydrogen-bond acceptors (Lipinski definition) is 4. The van der Waals surface area contributed by atoms with Gasteiger partial charge in [0.1, 0.15) is 5.75 Å². The molecule has 0 aliphatic carbocycles. The molecule has 0 spiro atoms. The van der Waals surface area contributed by atoms with Crippen LogP contribution in [0.1, 0.15) is 15.2 Å². The number of hydrogen-bond donors (Lipinski definition) is 1. The number of benzene rings is 1. The van der Waals surface area contributed by atoms with Crippen LogP contribution < -0.4 is 4.74 Å². The summed E-state index contributed by atoms with van der Waals surface area (Å²) in [5.74, 6) is -0.721. The van der Waals surface area contributed by atoms with Gasteiger partial charge in [0.05, 0.1) is 5.02 Å². The molecule has 0 amide bonds. The maximum Gasteiger partial charge on any atom is 0.349 e. The van der Waals surface area contributed by atoms with Gasteiger partial charge in [-0.15, -0.1) is 0 Å². The zero-order valence-corrected chi connectivity index (χ0v) is 11.4. The number of carbonyl (C=O) groups is 1. The number of carboxylic acid groups (broad SMARTS) is 1. The van der Waals surface area contributed by atoms with E-state index in [-0.39, 0.29) is 15.2 Å². The molecule has 1 aromatic heterocycles. The number of thiazole rings is 1. The van der Waals surface area contributed by atoms with Crippen LogP contribution in [-0.4, -0.2) is 16.1 Å². The van der Waals surface area contributed by atoms with Crippen LogP contribution in [0, 0.1) is 6.92 Å². The Morgan fingerprint density at radius 3 is 2.78 bits per heavy atom. The molecule has 7 heteroatoms. The quantitative estimate of drug-likeness (QED) is 0.921. The van der Waals surface area contributed by atoms with E-state index in [1.54, 1.807) is 12.1 Å². The van der Waals surface area contributed by atoms with Gasteiger partial charge in [-0.25, -0.2) is 4.79 Å². The van der Waals surface area contributed by atoms with Crippen LogP contribution in [0.2, 0.25) is 10.2 Å². The van der Waals surface area contributed by atoms with E-state index in [4.69, 9.17) is 33.0 Å². The van der Waals surface area contributed by atoms with Crippen LogP contribution in [0.4, 0.5) is 0 Å². The molecule has 0 bridgehead atoms. The standard InChI is InChI=1S/C11H7Cl2NO3S/c1-5-2-3-6(12)7(4-5)17-11-14-9(13)8(18-11)10(15)16/h2-4H,1H3,(H,15,16). The van der Waals surface area contributed by atoms with Crippen molar-refractivity contribution < 1.29 is 14.6 Å². The second-order valence-electron chi connectivity index (χ2n) is 3.44. The average Bonchev–Trinajstić information content (AvgIpc) is 2.65. The Morgan fingerprint density at radius 2 is 2.17 bits per heavy atom. The Balaban J connectivity index is 2.31. The van der Waals surface area contributed by atoms with Crippen molar-refractivity contribution in [2.45, 2.75) is 6.92 Å². The third kappa shape index (κ3) is 2.75. The number of halogens is 2. The minimum atomic E-state index is -1.14. The summed E-state index contributed by atoms with van der Waals surface area (Å²) >= 11 is 12.5. The molecule has 0 saturated heterocycles. The van der Waals surface area contributed by atoms with Gasteiger partial charge in [0.15, 0.2) is 10.0 Å². The van der Waals surface area contributed by atoms with Crippen molar-refractivity contribution in [3.63, 3.8) is 0 Å². The molecule has 1 N–H and O–H groups in total. The molecule has 2 aromatic rings. The monoisotopic (exact) mass is 303 g/mol. The molecule has 1 aromatic carbocycles. The van der Waals surface area contributed by atoms with Crippen LogP contribution >= 0.6 is 34.5 Å². The first-order valence-electron chi connectivity index (χ1n) is 4.81. The van der Waals surface area contributed by atoms with Crippen molar-refractivity contribution in [1.29, 1.82) is 0 Å². The third-order valence-electron chi connectivity index (χ3n) is 2.04. The van der Waals surface area contributed by atoms with Gasteiger partial charge in [0.25, 0.3) is 5.19 Å². The molecule has 0 atom stereocenters. The highest BCUT2D eigenvalue weighted by atomic mass is 35.5. The maximum atomic E-state index is 10.8. The molecule has 0 saturated carbocycles. The van der Waals surface area contributed by atoms with Gasteiger partial charge in [-0.2, -0.15) is 4.98 Å². The SMILES string of the molecule is Cc1ccc(Cl)c(Oc2nc(Cl)c(C(=O)O)s2)c1. The Kier molecular flexibility index (Phi) is 3.75. The molecular weight excluding hydrogens is 297 g/mol. The fourth-order valence-corrected chi connectivity index (χ4v) is 2.38. The lowest BCUT2D eigenvalue weighted by molar-refractivity contribution is 0.0702. The smallest absolute Gasteiger partial charge is 0.349 e. The van der Waals surface area contributed by atoms with Gasteiger partial charge >= 0.3 is 5.97 Å². The van der Waals surface area contributed by atoms with Crippen LogP contribution in [-0.2, 0) is 0 Å². The summed E-state index contributed by atoms with van der Waals surface area (Å²) in [6.07, 6.45) is 0. The fraction of sp³-hybridized carbons (Fsp3) is 0.0909. The first-order valence-corrected chi connectivity index (χ1v) is 6.38. The minimum absolute atomic E-state index is 0.0598. The number of rotatable bonds is 3. The summed E-state index contributed by atoms with van der Waals surface area (Å²) in [4.78, 5) is 14.6. The molecule has 0 fully saturated rings. The molecule has 1 heterocycles. The predicted molar refractivity (Wildman–Crippen MR) is 70.3 cm³/mol. The first kappa shape index (κ1) is 13.1. The summed E-state index contributed by atoms with van der Waals surface area (Å²) in [6, 6.07) is 5.27. The first-order chi connectivity index (χ1) is 8.47. The topological polar surface area (TPSA) is 59.4 Å². The lowest BCUT2D eigenvalue weighted by Crippen LogP contribution is -1.91. The summed E-state index contributed by atoms with van der Waals surface area (Å²) in [5.41, 5.74) is 0.968. The number of ether oxygens (including phenoxy) is 1. The average molecular weight is 304 g/mol. The van der Waals surface area contributed by atoms with E-state index in [2.05, 4.69) is 4.98 Å². The fourth-order valence-electron chi connectivity index (χ4n) is 1.24. The lowest BCUT2D eigenvalue weighted by Gasteiger charge is -2.04. The van der Waals surface area contributed by atoms with Crippen molar-refractivity contribution in [1.82, 2.24) is 4.98 Å². The second kappa shape index (κ2) is 5.14. The molecule has 4 nitrogen and oxygen atoms in total. The van der Waals surface area contributed by atoms with Crippen molar-refractivity contribution in [2.24, 2.45) is 0 Å². The van der Waals surface area contributed by atoms with E-state index in [1.807, 2.05) is 13.0 Å². The largest absolute Gasteiger partial charge is 0.477 e. The number of carboxylic acids is 1. The van der Waals surface area contributed by atoms with Gasteiger partial charge in [0, 0.05) is 0 Å².